The SMILES string of the molecule is Cc1nn(-c2ccccc2)c2sc(C(=O)N/N=C/c3ccc([N+](=O)[O-])cc3)cc12. The highest BCUT2D eigenvalue weighted by Gasteiger charge is 2.16. The molecule has 0 bridgehead atoms. The van der Waals surface area contributed by atoms with Gasteiger partial charge >= 0.3 is 0 Å². The van der Waals surface area contributed by atoms with Gasteiger partial charge in [-0.2, -0.15) is 10.2 Å². The number of hydrogen-bond acceptors (Lipinski definition) is 6. The number of fused-ring (bicyclic) bond motifs is 1. The van der Waals surface area contributed by atoms with Crippen molar-refractivity contribution in [3.05, 3.63) is 86.9 Å². The third kappa shape index (κ3) is 3.76. The number of aryl methyl sites for hydroxylation is 1. The Kier molecular flexibility index (Phi) is 4.88. The van der Waals surface area contributed by atoms with E-state index in [1.807, 2.05) is 41.9 Å². The Hall–Kier alpha value is -3.85. The number of nitro benzene ring substituents is 1. The first-order chi connectivity index (χ1) is 14.0. The van der Waals surface area contributed by atoms with Crippen LogP contribution in [0.4, 0.5) is 5.69 Å². The second-order valence-corrected chi connectivity index (χ2v) is 7.24. The minimum absolute atomic E-state index is 0.000657. The number of hydrazone groups is 1. The zero-order chi connectivity index (χ0) is 20.4. The maximum absolute atomic E-state index is 12.5. The van der Waals surface area contributed by atoms with Gasteiger partial charge in [-0.3, -0.25) is 14.9 Å². The molecule has 2 aromatic carbocycles. The molecule has 0 aliphatic rings. The number of rotatable bonds is 5. The third-order valence-corrected chi connectivity index (χ3v) is 5.36. The summed E-state index contributed by atoms with van der Waals surface area (Å²) in [7, 11) is 0. The first-order valence-electron chi connectivity index (χ1n) is 8.65. The molecule has 2 heterocycles. The molecule has 0 saturated carbocycles. The Morgan fingerprint density at radius 1 is 1.21 bits per heavy atom. The van der Waals surface area contributed by atoms with E-state index < -0.39 is 4.92 Å². The molecule has 0 aliphatic carbocycles. The largest absolute Gasteiger partial charge is 0.281 e. The predicted molar refractivity (Wildman–Crippen MR) is 112 cm³/mol. The van der Waals surface area contributed by atoms with Gasteiger partial charge in [0.25, 0.3) is 11.6 Å². The molecule has 4 rings (SSSR count). The van der Waals surface area contributed by atoms with E-state index in [-0.39, 0.29) is 11.6 Å². The molecule has 0 atom stereocenters. The lowest BCUT2D eigenvalue weighted by Gasteiger charge is -2.01. The minimum atomic E-state index is -0.470. The van der Waals surface area contributed by atoms with Crippen molar-refractivity contribution in [3.8, 4) is 5.69 Å². The van der Waals surface area contributed by atoms with Crippen LogP contribution in [0.5, 0.6) is 0 Å². The van der Waals surface area contributed by atoms with Crippen molar-refractivity contribution in [2.45, 2.75) is 6.92 Å². The highest BCUT2D eigenvalue weighted by atomic mass is 32.1. The van der Waals surface area contributed by atoms with E-state index in [9.17, 15) is 14.9 Å². The highest BCUT2D eigenvalue weighted by molar-refractivity contribution is 7.20. The molecule has 4 aromatic rings. The number of nitro groups is 1. The fourth-order valence-electron chi connectivity index (χ4n) is 2.81. The summed E-state index contributed by atoms with van der Waals surface area (Å²) in [4.78, 5) is 24.1. The molecule has 0 unspecified atom stereocenters. The number of nitrogens with one attached hydrogen (secondary N) is 1. The molecule has 0 fully saturated rings. The zero-order valence-electron chi connectivity index (χ0n) is 15.3. The lowest BCUT2D eigenvalue weighted by molar-refractivity contribution is -0.384. The molecule has 0 aliphatic heterocycles. The van der Waals surface area contributed by atoms with Gasteiger partial charge in [0.1, 0.15) is 4.83 Å². The summed E-state index contributed by atoms with van der Waals surface area (Å²) in [6.07, 6.45) is 1.44. The van der Waals surface area contributed by atoms with Crippen molar-refractivity contribution in [3.63, 3.8) is 0 Å². The van der Waals surface area contributed by atoms with Crippen LogP contribution >= 0.6 is 11.3 Å². The van der Waals surface area contributed by atoms with Crippen molar-refractivity contribution >= 4 is 39.4 Å². The topological polar surface area (TPSA) is 102 Å². The Bertz CT molecular complexity index is 1230. The van der Waals surface area contributed by atoms with Crippen LogP contribution in [0.3, 0.4) is 0 Å². The van der Waals surface area contributed by atoms with E-state index in [0.29, 0.717) is 10.4 Å². The third-order valence-electron chi connectivity index (χ3n) is 4.25. The van der Waals surface area contributed by atoms with Crippen molar-refractivity contribution < 1.29 is 9.72 Å². The number of amides is 1. The zero-order valence-corrected chi connectivity index (χ0v) is 16.1. The average molecular weight is 405 g/mol. The van der Waals surface area contributed by atoms with Crippen LogP contribution < -0.4 is 5.43 Å². The van der Waals surface area contributed by atoms with Gasteiger partial charge in [0, 0.05) is 17.5 Å². The second-order valence-electron chi connectivity index (χ2n) is 6.21. The standard InChI is InChI=1S/C20H15N5O3S/c1-13-17-11-18(29-20(17)24(23-13)15-5-3-2-4-6-15)19(26)22-21-12-14-7-9-16(10-8-14)25(27)28/h2-12H,1H3,(H,22,26)/b21-12+. The van der Waals surface area contributed by atoms with E-state index in [4.69, 9.17) is 0 Å². The lowest BCUT2D eigenvalue weighted by atomic mass is 10.2. The smallest absolute Gasteiger partial charge is 0.266 e. The number of thiophene rings is 1. The number of carbonyl (C=O) groups excluding carboxylic acids is 1. The fourth-order valence-corrected chi connectivity index (χ4v) is 3.88. The first kappa shape index (κ1) is 18.5. The Balaban J connectivity index is 1.52. The van der Waals surface area contributed by atoms with E-state index in [1.165, 1.54) is 29.7 Å². The van der Waals surface area contributed by atoms with Crippen LogP contribution in [-0.4, -0.2) is 26.8 Å². The summed E-state index contributed by atoms with van der Waals surface area (Å²) in [5, 5.41) is 20.1. The maximum Gasteiger partial charge on any atom is 0.281 e. The van der Waals surface area contributed by atoms with Gasteiger partial charge in [0.2, 0.25) is 0 Å². The van der Waals surface area contributed by atoms with E-state index >= 15 is 0 Å². The molecule has 144 valence electrons. The molecule has 2 aromatic heterocycles. The van der Waals surface area contributed by atoms with Crippen molar-refractivity contribution in [1.29, 1.82) is 0 Å². The van der Waals surface area contributed by atoms with E-state index in [1.54, 1.807) is 18.2 Å². The normalized spacial score (nSPS) is 11.2. The summed E-state index contributed by atoms with van der Waals surface area (Å²) in [6, 6.07) is 17.4. The maximum atomic E-state index is 12.5. The van der Waals surface area contributed by atoms with Crippen molar-refractivity contribution in [2.24, 2.45) is 5.10 Å². The molecule has 8 nitrogen and oxygen atoms in total. The van der Waals surface area contributed by atoms with E-state index in [0.717, 1.165) is 21.6 Å². The number of nitrogens with zero attached hydrogens (tertiary/aromatic N) is 4. The van der Waals surface area contributed by atoms with Gasteiger partial charge in [-0.25, -0.2) is 10.1 Å². The number of para-hydroxylation sites is 1. The van der Waals surface area contributed by atoms with Gasteiger partial charge in [0.15, 0.2) is 0 Å². The minimum Gasteiger partial charge on any atom is -0.266 e. The number of non-ortho nitro benzene ring substituents is 1. The molecule has 0 radical (unpaired) electrons. The molecule has 0 spiro atoms. The Labute approximate surface area is 169 Å². The van der Waals surface area contributed by atoms with Crippen LogP contribution in [0.1, 0.15) is 20.9 Å². The van der Waals surface area contributed by atoms with Gasteiger partial charge in [-0.15, -0.1) is 11.3 Å². The van der Waals surface area contributed by atoms with Crippen LogP contribution in [0.15, 0.2) is 65.8 Å². The number of hydrogen-bond donors (Lipinski definition) is 1. The lowest BCUT2D eigenvalue weighted by Crippen LogP contribution is -2.16. The highest BCUT2D eigenvalue weighted by Crippen LogP contribution is 2.30. The molecular weight excluding hydrogens is 390 g/mol. The number of aromatic nitrogens is 2. The summed E-state index contributed by atoms with van der Waals surface area (Å²) < 4.78 is 1.83. The monoisotopic (exact) mass is 405 g/mol. The first-order valence-corrected chi connectivity index (χ1v) is 9.47. The van der Waals surface area contributed by atoms with Gasteiger partial charge < -0.3 is 0 Å². The summed E-state index contributed by atoms with van der Waals surface area (Å²) >= 11 is 1.34. The summed E-state index contributed by atoms with van der Waals surface area (Å²) in [5.41, 5.74) is 4.90. The number of benzene rings is 2. The van der Waals surface area contributed by atoms with Gasteiger partial charge in [-0.1, -0.05) is 18.2 Å². The molecular formula is C20H15N5O3S. The molecule has 1 N–H and O–H groups in total. The quantitative estimate of drug-likeness (QED) is 0.307. The van der Waals surface area contributed by atoms with Crippen molar-refractivity contribution in [2.75, 3.05) is 0 Å². The Morgan fingerprint density at radius 3 is 2.62 bits per heavy atom. The van der Waals surface area contributed by atoms with E-state index in [2.05, 4.69) is 15.6 Å². The molecule has 29 heavy (non-hydrogen) atoms. The van der Waals surface area contributed by atoms with Crippen LogP contribution in [0.25, 0.3) is 15.9 Å². The van der Waals surface area contributed by atoms with Gasteiger partial charge in [0.05, 0.1) is 27.4 Å². The van der Waals surface area contributed by atoms with Crippen LogP contribution in [0.2, 0.25) is 0 Å². The predicted octanol–water partition coefficient (Wildman–Crippen LogP) is 4.07. The molecule has 0 saturated heterocycles. The molecule has 1 amide bonds. The summed E-state index contributed by atoms with van der Waals surface area (Å²) in [6.45, 7) is 1.91. The average Bonchev–Trinajstić information content (AvgIpc) is 3.30. The second kappa shape index (κ2) is 7.64. The Morgan fingerprint density at radius 2 is 1.93 bits per heavy atom. The fraction of sp³-hybridized carbons (Fsp3) is 0.0500. The van der Waals surface area contributed by atoms with Crippen LogP contribution in [-0.2, 0) is 0 Å². The molecule has 9 heteroatoms. The van der Waals surface area contributed by atoms with Crippen LogP contribution in [0, 0.1) is 17.0 Å². The van der Waals surface area contributed by atoms with Crippen molar-refractivity contribution in [1.82, 2.24) is 15.2 Å². The number of carbonyl (C=O) groups is 1. The summed E-state index contributed by atoms with van der Waals surface area (Å²) in [5.74, 6) is -0.330. The van der Waals surface area contributed by atoms with Gasteiger partial charge in [-0.05, 0) is 42.8 Å².